The van der Waals surface area contributed by atoms with Gasteiger partial charge in [-0.3, -0.25) is 4.79 Å². The second kappa shape index (κ2) is 7.19. The van der Waals surface area contributed by atoms with E-state index in [1.54, 1.807) is 18.4 Å². The third-order valence-electron chi connectivity index (χ3n) is 4.95. The van der Waals surface area contributed by atoms with Crippen molar-refractivity contribution in [2.45, 2.75) is 19.8 Å². The van der Waals surface area contributed by atoms with E-state index in [1.807, 2.05) is 36.4 Å². The van der Waals surface area contributed by atoms with E-state index < -0.39 is 0 Å². The van der Waals surface area contributed by atoms with Crippen LogP contribution in [-0.2, 0) is 4.79 Å². The van der Waals surface area contributed by atoms with E-state index in [0.717, 1.165) is 26.8 Å². The highest BCUT2D eigenvalue weighted by molar-refractivity contribution is 7.22. The van der Waals surface area contributed by atoms with Crippen LogP contribution < -0.4 is 15.0 Å². The van der Waals surface area contributed by atoms with Crippen LogP contribution in [0, 0.1) is 5.92 Å². The first-order chi connectivity index (χ1) is 13.0. The minimum absolute atomic E-state index is 0.00762. The Balaban J connectivity index is 1.41. The van der Waals surface area contributed by atoms with Gasteiger partial charge < -0.3 is 15.0 Å². The number of ether oxygens (including phenoxy) is 1. The lowest BCUT2D eigenvalue weighted by molar-refractivity contribution is -0.120. The Kier molecular flexibility index (Phi) is 4.74. The number of nitrogens with zero attached hydrogens (tertiary/aromatic N) is 2. The van der Waals surface area contributed by atoms with E-state index in [9.17, 15) is 4.79 Å². The number of methoxy groups -OCH3 is 1. The predicted octanol–water partition coefficient (Wildman–Crippen LogP) is 4.50. The molecular formula is C21H23N3O2S. The maximum absolute atomic E-state index is 12.6. The van der Waals surface area contributed by atoms with Crippen molar-refractivity contribution in [3.05, 3.63) is 48.0 Å². The van der Waals surface area contributed by atoms with E-state index in [4.69, 9.17) is 4.74 Å². The molecule has 0 saturated carbocycles. The average Bonchev–Trinajstić information content (AvgIpc) is 3.03. The number of para-hydroxylation sites is 1. The number of hydrogen-bond donors (Lipinski definition) is 1. The Morgan fingerprint density at radius 2 is 2.04 bits per heavy atom. The van der Waals surface area contributed by atoms with E-state index >= 15 is 0 Å². The summed E-state index contributed by atoms with van der Waals surface area (Å²) in [7, 11) is 1.67. The summed E-state index contributed by atoms with van der Waals surface area (Å²) in [4.78, 5) is 19.5. The maximum Gasteiger partial charge on any atom is 0.231 e. The summed E-state index contributed by atoms with van der Waals surface area (Å²) < 4.78 is 6.38. The van der Waals surface area contributed by atoms with Crippen LogP contribution in [0.5, 0.6) is 5.75 Å². The fraction of sp³-hybridized carbons (Fsp3) is 0.333. The molecule has 0 bridgehead atoms. The fourth-order valence-corrected chi connectivity index (χ4v) is 4.32. The molecule has 0 spiro atoms. The van der Waals surface area contributed by atoms with Crippen molar-refractivity contribution < 1.29 is 9.53 Å². The highest BCUT2D eigenvalue weighted by atomic mass is 32.1. The van der Waals surface area contributed by atoms with Crippen molar-refractivity contribution in [3.8, 4) is 5.75 Å². The number of nitrogens with one attached hydrogen (secondary N) is 1. The quantitative estimate of drug-likeness (QED) is 0.707. The first-order valence-corrected chi connectivity index (χ1v) is 9.96. The lowest BCUT2D eigenvalue weighted by atomic mass is 9.98. The highest BCUT2D eigenvalue weighted by Crippen LogP contribution is 2.35. The van der Waals surface area contributed by atoms with Crippen molar-refractivity contribution in [2.75, 3.05) is 30.4 Å². The van der Waals surface area contributed by atoms with Gasteiger partial charge in [0.05, 0.1) is 23.2 Å². The van der Waals surface area contributed by atoms with Gasteiger partial charge >= 0.3 is 0 Å². The predicted molar refractivity (Wildman–Crippen MR) is 111 cm³/mol. The van der Waals surface area contributed by atoms with Gasteiger partial charge in [-0.15, -0.1) is 0 Å². The fourth-order valence-electron chi connectivity index (χ4n) is 3.30. The summed E-state index contributed by atoms with van der Waals surface area (Å²) in [5.74, 6) is 1.29. The molecule has 140 valence electrons. The molecule has 1 aliphatic rings. The molecule has 4 rings (SSSR count). The first kappa shape index (κ1) is 17.8. The van der Waals surface area contributed by atoms with Crippen molar-refractivity contribution in [1.82, 2.24) is 4.98 Å². The minimum atomic E-state index is -0.00762. The molecule has 5 nitrogen and oxygen atoms in total. The van der Waals surface area contributed by atoms with Crippen molar-refractivity contribution in [1.29, 1.82) is 0 Å². The van der Waals surface area contributed by atoms with E-state index in [2.05, 4.69) is 35.1 Å². The summed E-state index contributed by atoms with van der Waals surface area (Å²) in [6, 6.07) is 13.9. The van der Waals surface area contributed by atoms with E-state index in [-0.39, 0.29) is 11.8 Å². The number of carbonyl (C=O) groups excluding carboxylic acids is 1. The van der Waals surface area contributed by atoms with E-state index in [1.165, 1.54) is 5.56 Å². The van der Waals surface area contributed by atoms with Crippen molar-refractivity contribution in [2.24, 2.45) is 5.92 Å². The number of aromatic nitrogens is 1. The Bertz CT molecular complexity index is 976. The summed E-state index contributed by atoms with van der Waals surface area (Å²) in [6.07, 6.45) is 0. The first-order valence-electron chi connectivity index (χ1n) is 9.14. The number of carbonyl (C=O) groups is 1. The van der Waals surface area contributed by atoms with Crippen LogP contribution in [0.1, 0.15) is 25.3 Å². The Morgan fingerprint density at radius 3 is 2.78 bits per heavy atom. The molecule has 0 aliphatic carbocycles. The molecule has 0 radical (unpaired) electrons. The zero-order valence-electron chi connectivity index (χ0n) is 15.7. The zero-order chi connectivity index (χ0) is 19.0. The van der Waals surface area contributed by atoms with E-state index in [0.29, 0.717) is 19.0 Å². The number of fused-ring (bicyclic) bond motifs is 1. The molecule has 2 heterocycles. The van der Waals surface area contributed by atoms with Crippen LogP contribution in [0.25, 0.3) is 10.2 Å². The normalized spacial score (nSPS) is 14.4. The molecule has 1 aromatic heterocycles. The molecule has 1 fully saturated rings. The molecule has 1 N–H and O–H groups in total. The standard InChI is InChI=1S/C21H23N3O2S/c1-13(2)16-6-4-5-7-17(16)22-20(25)14-11-24(12-14)21-23-18-9-8-15(26-3)10-19(18)27-21/h4-10,13-14H,11-12H2,1-3H3,(H,22,25). The Morgan fingerprint density at radius 1 is 1.26 bits per heavy atom. The van der Waals surface area contributed by atoms with Gasteiger partial charge in [0, 0.05) is 18.8 Å². The van der Waals surface area contributed by atoms with Crippen molar-refractivity contribution >= 4 is 38.3 Å². The Hall–Kier alpha value is -2.60. The monoisotopic (exact) mass is 381 g/mol. The molecule has 1 saturated heterocycles. The summed E-state index contributed by atoms with van der Waals surface area (Å²) in [6.45, 7) is 5.68. The van der Waals surface area contributed by atoms with Crippen LogP contribution in [0.3, 0.4) is 0 Å². The molecule has 1 aliphatic heterocycles. The molecule has 27 heavy (non-hydrogen) atoms. The van der Waals surface area contributed by atoms with Gasteiger partial charge in [-0.1, -0.05) is 43.4 Å². The second-order valence-corrected chi connectivity index (χ2v) is 8.17. The number of benzene rings is 2. The van der Waals surface area contributed by atoms with Crippen LogP contribution in [0.4, 0.5) is 10.8 Å². The topological polar surface area (TPSA) is 54.5 Å². The molecular weight excluding hydrogens is 358 g/mol. The number of hydrogen-bond acceptors (Lipinski definition) is 5. The Labute approximate surface area is 163 Å². The zero-order valence-corrected chi connectivity index (χ0v) is 16.5. The van der Waals surface area contributed by atoms with Crippen LogP contribution in [0.2, 0.25) is 0 Å². The molecule has 1 amide bonds. The summed E-state index contributed by atoms with van der Waals surface area (Å²) in [5, 5.41) is 4.07. The second-order valence-electron chi connectivity index (χ2n) is 7.16. The lowest BCUT2D eigenvalue weighted by Crippen LogP contribution is -2.52. The van der Waals surface area contributed by atoms with Gasteiger partial charge in [0.25, 0.3) is 0 Å². The number of amides is 1. The molecule has 2 aromatic carbocycles. The average molecular weight is 382 g/mol. The molecule has 0 atom stereocenters. The maximum atomic E-state index is 12.6. The highest BCUT2D eigenvalue weighted by Gasteiger charge is 2.34. The van der Waals surface area contributed by atoms with Gasteiger partial charge in [-0.25, -0.2) is 4.98 Å². The van der Waals surface area contributed by atoms with Crippen LogP contribution in [-0.4, -0.2) is 31.1 Å². The summed E-state index contributed by atoms with van der Waals surface area (Å²) in [5.41, 5.74) is 3.06. The largest absolute Gasteiger partial charge is 0.497 e. The molecule has 6 heteroatoms. The third-order valence-corrected chi connectivity index (χ3v) is 6.03. The van der Waals surface area contributed by atoms with Gasteiger partial charge in [-0.2, -0.15) is 0 Å². The minimum Gasteiger partial charge on any atom is -0.497 e. The van der Waals surface area contributed by atoms with Gasteiger partial charge in [0.15, 0.2) is 5.13 Å². The van der Waals surface area contributed by atoms with Gasteiger partial charge in [-0.05, 0) is 35.7 Å². The summed E-state index contributed by atoms with van der Waals surface area (Å²) >= 11 is 1.64. The van der Waals surface area contributed by atoms with Crippen molar-refractivity contribution in [3.63, 3.8) is 0 Å². The molecule has 3 aromatic rings. The van der Waals surface area contributed by atoms with Crippen LogP contribution in [0.15, 0.2) is 42.5 Å². The van der Waals surface area contributed by atoms with Crippen LogP contribution >= 0.6 is 11.3 Å². The number of rotatable bonds is 5. The third kappa shape index (κ3) is 3.49. The number of thiazole rings is 1. The number of anilines is 2. The van der Waals surface area contributed by atoms with Gasteiger partial charge in [0.1, 0.15) is 5.75 Å². The molecule has 0 unspecified atom stereocenters. The lowest BCUT2D eigenvalue weighted by Gasteiger charge is -2.38. The van der Waals surface area contributed by atoms with Gasteiger partial charge in [0.2, 0.25) is 5.91 Å². The SMILES string of the molecule is COc1ccc2nc(N3CC(C(=O)Nc4ccccc4C(C)C)C3)sc2c1. The smallest absolute Gasteiger partial charge is 0.231 e.